The molecule has 0 radical (unpaired) electrons. The van der Waals surface area contributed by atoms with Crippen molar-refractivity contribution in [3.05, 3.63) is 83.2 Å². The third-order valence-electron chi connectivity index (χ3n) is 6.06. The second-order valence-electron chi connectivity index (χ2n) is 8.76. The molecular weight excluding hydrogens is 492 g/mol. The number of aromatic carboxylic acids is 1. The molecule has 0 fully saturated rings. The van der Waals surface area contributed by atoms with Crippen LogP contribution in [0.3, 0.4) is 0 Å². The summed E-state index contributed by atoms with van der Waals surface area (Å²) in [6.45, 7) is 3.96. The van der Waals surface area contributed by atoms with Gasteiger partial charge in [-0.25, -0.2) is 22.9 Å². The standard InChI is InChI=1S/C27H28N4O5S/c1-3-6-24-29-26-17(2)13-20(27(33)34)14-22(26)31(24)16-18-9-11-19(12-10-18)21-7-4-5-8-23(21)37(35,36)30-25(32)15-28/h4-5,7-14H,3,6,15-16,28H2,1-2H3,(H,30,32)(H,33,34). The van der Waals surface area contributed by atoms with E-state index in [4.69, 9.17) is 10.7 Å². The van der Waals surface area contributed by atoms with Crippen LogP contribution in [0.15, 0.2) is 65.6 Å². The van der Waals surface area contributed by atoms with Gasteiger partial charge < -0.3 is 15.4 Å². The Kier molecular flexibility index (Phi) is 7.42. The van der Waals surface area contributed by atoms with Crippen LogP contribution in [0, 0.1) is 6.92 Å². The molecule has 1 amide bonds. The van der Waals surface area contributed by atoms with E-state index in [1.807, 2.05) is 40.5 Å². The zero-order valence-corrected chi connectivity index (χ0v) is 21.4. The van der Waals surface area contributed by atoms with E-state index >= 15 is 0 Å². The summed E-state index contributed by atoms with van der Waals surface area (Å²) in [6, 6.07) is 17.1. The number of sulfonamides is 1. The number of nitrogens with one attached hydrogen (secondary N) is 1. The zero-order chi connectivity index (χ0) is 26.7. The number of nitrogens with two attached hydrogens (primary N) is 1. The van der Waals surface area contributed by atoms with E-state index in [9.17, 15) is 23.1 Å². The maximum Gasteiger partial charge on any atom is 0.335 e. The Morgan fingerprint density at radius 3 is 2.43 bits per heavy atom. The van der Waals surface area contributed by atoms with Gasteiger partial charge in [-0.2, -0.15) is 0 Å². The summed E-state index contributed by atoms with van der Waals surface area (Å²) < 4.78 is 29.5. The molecule has 37 heavy (non-hydrogen) atoms. The Morgan fingerprint density at radius 1 is 1.08 bits per heavy atom. The number of hydrogen-bond donors (Lipinski definition) is 3. The lowest BCUT2D eigenvalue weighted by Crippen LogP contribution is -2.35. The number of aromatic nitrogens is 2. The van der Waals surface area contributed by atoms with Crippen LogP contribution < -0.4 is 10.5 Å². The molecule has 0 atom stereocenters. The Balaban J connectivity index is 1.71. The average Bonchev–Trinajstić information content (AvgIpc) is 3.22. The first-order valence-electron chi connectivity index (χ1n) is 11.8. The number of nitrogens with zero attached hydrogens (tertiary/aromatic N) is 2. The fourth-order valence-corrected chi connectivity index (χ4v) is 5.54. The lowest BCUT2D eigenvalue weighted by atomic mass is 10.0. The molecule has 0 aliphatic rings. The van der Waals surface area contributed by atoms with Gasteiger partial charge in [0.2, 0.25) is 5.91 Å². The monoisotopic (exact) mass is 520 g/mol. The van der Waals surface area contributed by atoms with Crippen molar-refractivity contribution in [3.63, 3.8) is 0 Å². The normalized spacial score (nSPS) is 11.5. The number of carbonyl (C=O) groups excluding carboxylic acids is 1. The molecule has 0 bridgehead atoms. The lowest BCUT2D eigenvalue weighted by Gasteiger charge is -2.13. The maximum atomic E-state index is 12.8. The zero-order valence-electron chi connectivity index (χ0n) is 20.6. The molecule has 1 heterocycles. The first kappa shape index (κ1) is 26.1. The van der Waals surface area contributed by atoms with Crippen molar-refractivity contribution in [2.45, 2.75) is 38.1 Å². The van der Waals surface area contributed by atoms with Gasteiger partial charge in [0.05, 0.1) is 28.0 Å². The smallest absolute Gasteiger partial charge is 0.335 e. The fourth-order valence-electron chi connectivity index (χ4n) is 4.31. The highest BCUT2D eigenvalue weighted by atomic mass is 32.2. The third kappa shape index (κ3) is 5.40. The van der Waals surface area contributed by atoms with E-state index in [-0.39, 0.29) is 10.5 Å². The first-order chi connectivity index (χ1) is 17.6. The summed E-state index contributed by atoms with van der Waals surface area (Å²) in [5.74, 6) is -0.906. The topological polar surface area (TPSA) is 144 Å². The number of benzene rings is 3. The SMILES string of the molecule is CCCc1nc2c(C)cc(C(=O)O)cc2n1Cc1ccc(-c2ccccc2S(=O)(=O)NC(=O)CN)cc1. The number of fused-ring (bicyclic) bond motifs is 1. The molecule has 4 aromatic rings. The van der Waals surface area contributed by atoms with Crippen molar-refractivity contribution in [1.82, 2.24) is 14.3 Å². The van der Waals surface area contributed by atoms with Crippen molar-refractivity contribution < 1.29 is 23.1 Å². The quantitative estimate of drug-likeness (QED) is 0.306. The molecule has 192 valence electrons. The van der Waals surface area contributed by atoms with Crippen LogP contribution in [0.25, 0.3) is 22.2 Å². The van der Waals surface area contributed by atoms with Crippen molar-refractivity contribution in [1.29, 1.82) is 0 Å². The van der Waals surface area contributed by atoms with Crippen LogP contribution in [0.2, 0.25) is 0 Å². The Hall–Kier alpha value is -4.02. The summed E-state index contributed by atoms with van der Waals surface area (Å²) >= 11 is 0. The summed E-state index contributed by atoms with van der Waals surface area (Å²) in [7, 11) is -4.09. The van der Waals surface area contributed by atoms with Gasteiger partial charge in [0, 0.05) is 18.5 Å². The molecule has 0 saturated carbocycles. The number of hydrogen-bond acceptors (Lipinski definition) is 6. The Morgan fingerprint density at radius 2 is 1.78 bits per heavy atom. The molecule has 4 rings (SSSR count). The van der Waals surface area contributed by atoms with E-state index in [0.717, 1.165) is 40.8 Å². The summed E-state index contributed by atoms with van der Waals surface area (Å²) in [4.78, 5) is 28.1. The van der Waals surface area contributed by atoms with Gasteiger partial charge in [-0.1, -0.05) is 49.4 Å². The first-order valence-corrected chi connectivity index (χ1v) is 13.3. The van der Waals surface area contributed by atoms with Gasteiger partial charge in [-0.15, -0.1) is 0 Å². The van der Waals surface area contributed by atoms with E-state index in [1.165, 1.54) is 6.07 Å². The van der Waals surface area contributed by atoms with Crippen molar-refractivity contribution in [2.75, 3.05) is 6.54 Å². The molecule has 0 aliphatic heterocycles. The highest BCUT2D eigenvalue weighted by Gasteiger charge is 2.21. The molecule has 0 spiro atoms. The number of carboxylic acids is 1. The second kappa shape index (κ2) is 10.5. The van der Waals surface area contributed by atoms with E-state index in [2.05, 4.69) is 6.92 Å². The minimum Gasteiger partial charge on any atom is -0.478 e. The van der Waals surface area contributed by atoms with E-state index in [1.54, 1.807) is 30.3 Å². The van der Waals surface area contributed by atoms with Gasteiger partial charge in [0.1, 0.15) is 5.82 Å². The average molecular weight is 521 g/mol. The van der Waals surface area contributed by atoms with Gasteiger partial charge in [-0.05, 0) is 48.2 Å². The number of carbonyl (C=O) groups is 2. The molecule has 9 nitrogen and oxygen atoms in total. The van der Waals surface area contributed by atoms with E-state index in [0.29, 0.717) is 17.7 Å². The highest BCUT2D eigenvalue weighted by Crippen LogP contribution is 2.29. The summed E-state index contributed by atoms with van der Waals surface area (Å²) in [5.41, 5.74) is 9.88. The maximum absolute atomic E-state index is 12.8. The van der Waals surface area contributed by atoms with Crippen LogP contribution in [0.1, 0.15) is 40.7 Å². The molecule has 10 heteroatoms. The van der Waals surface area contributed by atoms with Crippen LogP contribution in [-0.2, 0) is 27.8 Å². The van der Waals surface area contributed by atoms with Crippen molar-refractivity contribution in [3.8, 4) is 11.1 Å². The largest absolute Gasteiger partial charge is 0.478 e. The van der Waals surface area contributed by atoms with Crippen molar-refractivity contribution >= 4 is 32.9 Å². The molecule has 4 N–H and O–H groups in total. The van der Waals surface area contributed by atoms with E-state index < -0.39 is 28.4 Å². The minimum atomic E-state index is -4.09. The number of aryl methyl sites for hydroxylation is 2. The van der Waals surface area contributed by atoms with Crippen molar-refractivity contribution in [2.24, 2.45) is 5.73 Å². The fraction of sp³-hybridized carbons (Fsp3) is 0.222. The minimum absolute atomic E-state index is 0.0212. The highest BCUT2D eigenvalue weighted by molar-refractivity contribution is 7.90. The molecule has 3 aromatic carbocycles. The third-order valence-corrected chi connectivity index (χ3v) is 7.49. The number of rotatable bonds is 9. The summed E-state index contributed by atoms with van der Waals surface area (Å²) in [5, 5.41) is 9.54. The number of carboxylic acid groups (broad SMARTS) is 1. The second-order valence-corrected chi connectivity index (χ2v) is 10.4. The van der Waals surface area contributed by atoms with Crippen LogP contribution in [0.5, 0.6) is 0 Å². The molecule has 0 saturated heterocycles. The molecule has 0 unspecified atom stereocenters. The predicted molar refractivity (Wildman–Crippen MR) is 141 cm³/mol. The van der Waals surface area contributed by atoms with Crippen LogP contribution >= 0.6 is 0 Å². The number of amides is 1. The molecule has 0 aliphatic carbocycles. The predicted octanol–water partition coefficient (Wildman–Crippen LogP) is 3.47. The Labute approximate surface area is 215 Å². The van der Waals surface area contributed by atoms with Crippen LogP contribution in [-0.4, -0.2) is 41.5 Å². The van der Waals surface area contributed by atoms with Gasteiger partial charge in [-0.3, -0.25) is 4.79 Å². The van der Waals surface area contributed by atoms with Gasteiger partial charge in [0.15, 0.2) is 0 Å². The lowest BCUT2D eigenvalue weighted by molar-refractivity contribution is -0.118. The van der Waals surface area contributed by atoms with Crippen LogP contribution in [0.4, 0.5) is 0 Å². The van der Waals surface area contributed by atoms with Gasteiger partial charge >= 0.3 is 5.97 Å². The summed E-state index contributed by atoms with van der Waals surface area (Å²) in [6.07, 6.45) is 1.63. The molecule has 1 aromatic heterocycles. The Bertz CT molecular complexity index is 1590. The molecular formula is C27H28N4O5S. The number of imidazole rings is 1. The van der Waals surface area contributed by atoms with Gasteiger partial charge in [0.25, 0.3) is 10.0 Å².